The number of hydrogen-bond acceptors (Lipinski definition) is 6. The Hall–Kier alpha value is -2.72. The zero-order valence-corrected chi connectivity index (χ0v) is 20.5. The van der Waals surface area contributed by atoms with Crippen molar-refractivity contribution in [1.29, 1.82) is 0 Å². The van der Waals surface area contributed by atoms with E-state index in [9.17, 15) is 18.0 Å². The lowest BCUT2D eigenvalue weighted by atomic mass is 9.88. The summed E-state index contributed by atoms with van der Waals surface area (Å²) in [6.07, 6.45) is 7.33. The van der Waals surface area contributed by atoms with Gasteiger partial charge < -0.3 is 10.1 Å². The van der Waals surface area contributed by atoms with E-state index in [1.807, 2.05) is 6.92 Å². The molecular formula is C24H32N4O5S. The smallest absolute Gasteiger partial charge is 0.411 e. The molecular weight excluding hydrogens is 456 g/mol. The molecule has 10 heteroatoms. The van der Waals surface area contributed by atoms with Crippen LogP contribution in [0.15, 0.2) is 28.6 Å². The number of ether oxygens (including phenoxy) is 1. The van der Waals surface area contributed by atoms with Crippen LogP contribution >= 0.6 is 0 Å². The van der Waals surface area contributed by atoms with Crippen LogP contribution in [0.25, 0.3) is 6.08 Å². The Balaban J connectivity index is 1.43. The molecule has 1 spiro atoms. The van der Waals surface area contributed by atoms with Crippen molar-refractivity contribution in [3.8, 4) is 0 Å². The normalized spacial score (nSPS) is 21.5. The Morgan fingerprint density at radius 2 is 1.94 bits per heavy atom. The van der Waals surface area contributed by atoms with Crippen LogP contribution in [0.2, 0.25) is 0 Å². The summed E-state index contributed by atoms with van der Waals surface area (Å²) in [6.45, 7) is 2.34. The molecule has 2 amide bonds. The molecule has 0 radical (unpaired) electrons. The molecule has 0 bridgehead atoms. The van der Waals surface area contributed by atoms with Gasteiger partial charge in [-0.05, 0) is 61.9 Å². The molecule has 2 N–H and O–H groups in total. The second-order valence-electron chi connectivity index (χ2n) is 9.25. The fourth-order valence-electron chi connectivity index (χ4n) is 4.87. The van der Waals surface area contributed by atoms with Gasteiger partial charge in [-0.3, -0.25) is 15.1 Å². The van der Waals surface area contributed by atoms with Gasteiger partial charge >= 0.3 is 6.09 Å². The Kier molecular flexibility index (Phi) is 7.09. The predicted octanol–water partition coefficient (Wildman–Crippen LogP) is 3.42. The molecule has 0 atom stereocenters. The van der Waals surface area contributed by atoms with Gasteiger partial charge in [0.25, 0.3) is 5.91 Å². The van der Waals surface area contributed by atoms with E-state index in [1.54, 1.807) is 18.2 Å². The van der Waals surface area contributed by atoms with E-state index in [0.717, 1.165) is 37.1 Å². The maximum Gasteiger partial charge on any atom is 0.411 e. The van der Waals surface area contributed by atoms with Gasteiger partial charge in [-0.15, -0.1) is 0 Å². The van der Waals surface area contributed by atoms with E-state index < -0.39 is 21.7 Å². The number of aryl methyl sites for hydroxylation is 1. The van der Waals surface area contributed by atoms with Crippen LogP contribution in [-0.4, -0.2) is 56.3 Å². The first-order chi connectivity index (χ1) is 16.2. The third-order valence-electron chi connectivity index (χ3n) is 7.03. The number of piperidine rings is 1. The number of nitrogens with zero attached hydrogens (tertiary/aromatic N) is 2. The van der Waals surface area contributed by atoms with E-state index in [-0.39, 0.29) is 19.0 Å². The minimum Gasteiger partial charge on any atom is -0.453 e. The number of carbonyl (C=O) groups is 2. The van der Waals surface area contributed by atoms with Crippen molar-refractivity contribution in [3.63, 3.8) is 0 Å². The number of rotatable bonds is 5. The van der Waals surface area contributed by atoms with Gasteiger partial charge in [-0.2, -0.15) is 4.31 Å². The molecule has 0 unspecified atom stereocenters. The number of sulfonamides is 1. The highest BCUT2D eigenvalue weighted by atomic mass is 32.2. The van der Waals surface area contributed by atoms with Crippen LogP contribution in [0, 0.1) is 12.8 Å². The molecule has 1 aromatic rings. The van der Waals surface area contributed by atoms with E-state index in [1.165, 1.54) is 29.3 Å². The number of benzene rings is 1. The fraction of sp³-hybridized carbons (Fsp3) is 0.542. The quantitative estimate of drug-likeness (QED) is 0.659. The molecule has 184 valence electrons. The summed E-state index contributed by atoms with van der Waals surface area (Å²) < 4.78 is 32.0. The average molecular weight is 489 g/mol. The number of hydrogen-bond donors (Lipinski definition) is 2. The number of aliphatic imine (C=N–C) groups is 1. The summed E-state index contributed by atoms with van der Waals surface area (Å²) in [5.74, 6) is 1.03. The number of amidine groups is 1. The first-order valence-electron chi connectivity index (χ1n) is 11.8. The van der Waals surface area contributed by atoms with Gasteiger partial charge in [0.2, 0.25) is 10.0 Å². The van der Waals surface area contributed by atoms with Crippen LogP contribution in [0.3, 0.4) is 0 Å². The van der Waals surface area contributed by atoms with Gasteiger partial charge in [-0.25, -0.2) is 13.2 Å². The standard InChI is InChI=1S/C24H32N4O5S/c1-17-8-9-20(25-23(30)33-2)16-19(17)10-15-34(31,32)28-13-11-24(12-14-28)22(29)26-21(27-24)18-6-4-3-5-7-18/h8-10,15-16,18H,3-7,11-14H2,1-2H3,(H,25,30)(H,26,27,29)/b15-10+. The van der Waals surface area contributed by atoms with Gasteiger partial charge in [0.05, 0.1) is 7.11 Å². The zero-order chi connectivity index (χ0) is 24.3. The summed E-state index contributed by atoms with van der Waals surface area (Å²) in [4.78, 5) is 29.1. The molecule has 1 saturated carbocycles. The molecule has 2 heterocycles. The van der Waals surface area contributed by atoms with Crippen LogP contribution in [0.5, 0.6) is 0 Å². The maximum atomic E-state index is 13.0. The molecule has 9 nitrogen and oxygen atoms in total. The highest BCUT2D eigenvalue weighted by molar-refractivity contribution is 7.92. The van der Waals surface area contributed by atoms with Crippen molar-refractivity contribution in [2.75, 3.05) is 25.5 Å². The van der Waals surface area contributed by atoms with Crippen molar-refractivity contribution >= 4 is 39.6 Å². The van der Waals surface area contributed by atoms with Crippen molar-refractivity contribution in [3.05, 3.63) is 34.7 Å². The second-order valence-corrected chi connectivity index (χ2v) is 11.1. The topological polar surface area (TPSA) is 117 Å². The molecule has 1 saturated heterocycles. The lowest BCUT2D eigenvalue weighted by Gasteiger charge is -2.34. The Morgan fingerprint density at radius 1 is 1.24 bits per heavy atom. The van der Waals surface area contributed by atoms with Crippen molar-refractivity contribution in [2.45, 2.75) is 57.4 Å². The Labute approximate surface area is 200 Å². The summed E-state index contributed by atoms with van der Waals surface area (Å²) in [6, 6.07) is 5.20. The number of nitrogens with one attached hydrogen (secondary N) is 2. The molecule has 4 rings (SSSR count). The number of anilines is 1. The molecule has 1 aromatic carbocycles. The molecule has 2 fully saturated rings. The third-order valence-corrected chi connectivity index (χ3v) is 8.60. The van der Waals surface area contributed by atoms with Gasteiger partial charge in [-0.1, -0.05) is 25.3 Å². The van der Waals surface area contributed by atoms with Gasteiger partial charge in [0.15, 0.2) is 0 Å². The third kappa shape index (κ3) is 5.17. The maximum absolute atomic E-state index is 13.0. The largest absolute Gasteiger partial charge is 0.453 e. The van der Waals surface area contributed by atoms with Crippen molar-refractivity contribution in [1.82, 2.24) is 9.62 Å². The SMILES string of the molecule is COC(=O)Nc1ccc(C)c(/C=C/S(=O)(=O)N2CCC3(CC2)N=C(C2CCCCC2)NC3=O)c1. The van der Waals surface area contributed by atoms with Crippen molar-refractivity contribution in [2.24, 2.45) is 10.9 Å². The summed E-state index contributed by atoms with van der Waals surface area (Å²) in [7, 11) is -2.40. The van der Waals surface area contributed by atoms with E-state index >= 15 is 0 Å². The lowest BCUT2D eigenvalue weighted by molar-refractivity contribution is -0.125. The van der Waals surface area contributed by atoms with Crippen LogP contribution < -0.4 is 10.6 Å². The van der Waals surface area contributed by atoms with Crippen LogP contribution in [0.4, 0.5) is 10.5 Å². The monoisotopic (exact) mass is 488 g/mol. The molecule has 2 aliphatic heterocycles. The molecule has 0 aromatic heterocycles. The minimum atomic E-state index is -3.68. The summed E-state index contributed by atoms with van der Waals surface area (Å²) in [5, 5.41) is 6.76. The zero-order valence-electron chi connectivity index (χ0n) is 19.7. The van der Waals surface area contributed by atoms with E-state index in [4.69, 9.17) is 4.99 Å². The Bertz CT molecular complexity index is 1110. The Morgan fingerprint density at radius 3 is 2.62 bits per heavy atom. The minimum absolute atomic E-state index is 0.0915. The van der Waals surface area contributed by atoms with Gasteiger partial charge in [0.1, 0.15) is 11.4 Å². The van der Waals surface area contributed by atoms with E-state index in [2.05, 4.69) is 15.4 Å². The van der Waals surface area contributed by atoms with Crippen LogP contribution in [-0.2, 0) is 19.6 Å². The van der Waals surface area contributed by atoms with Crippen LogP contribution in [0.1, 0.15) is 56.1 Å². The first kappa shape index (κ1) is 24.4. The summed E-state index contributed by atoms with van der Waals surface area (Å²) >= 11 is 0. The fourth-order valence-corrected chi connectivity index (χ4v) is 6.06. The highest BCUT2D eigenvalue weighted by Gasteiger charge is 2.48. The number of carbonyl (C=O) groups excluding carboxylic acids is 2. The van der Waals surface area contributed by atoms with E-state index in [0.29, 0.717) is 30.0 Å². The summed E-state index contributed by atoms with van der Waals surface area (Å²) in [5.41, 5.74) is 1.20. The lowest BCUT2D eigenvalue weighted by Crippen LogP contribution is -2.50. The predicted molar refractivity (Wildman–Crippen MR) is 131 cm³/mol. The number of methoxy groups -OCH3 is 1. The molecule has 3 aliphatic rings. The first-order valence-corrected chi connectivity index (χ1v) is 13.3. The molecule has 34 heavy (non-hydrogen) atoms. The number of amides is 2. The molecule has 1 aliphatic carbocycles. The van der Waals surface area contributed by atoms with Gasteiger partial charge in [0, 0.05) is 30.1 Å². The highest BCUT2D eigenvalue weighted by Crippen LogP contribution is 2.35. The second kappa shape index (κ2) is 9.87. The van der Waals surface area contributed by atoms with Crippen molar-refractivity contribution < 1.29 is 22.7 Å². The average Bonchev–Trinajstić information content (AvgIpc) is 3.15.